The third kappa shape index (κ3) is 91.7. The topological polar surface area (TPSA) is 90.2 Å². The molecule has 0 aliphatic heterocycles. The Bertz CT molecular complexity index is 25.0. The molecule has 0 saturated carbocycles. The van der Waals surface area contributed by atoms with Crippen molar-refractivity contribution >= 4 is 0 Å². The molecule has 0 heterocycles. The molecular formula is C6H20N2O. The van der Waals surface area contributed by atoms with Crippen LogP contribution in [0.2, 0.25) is 0 Å². The van der Waals surface area contributed by atoms with Crippen LogP contribution in [0.15, 0.2) is 13.2 Å². The van der Waals surface area contributed by atoms with Crippen LogP contribution in [0, 0.1) is 0 Å². The first-order valence-corrected chi connectivity index (χ1v) is 2.52. The predicted octanol–water partition coefficient (Wildman–Crippen LogP) is 1.90. The average molecular weight is 136 g/mol. The summed E-state index contributed by atoms with van der Waals surface area (Å²) >= 11 is 0. The van der Waals surface area contributed by atoms with Gasteiger partial charge in [0.05, 0.1) is 0 Å². The smallest absolute Gasteiger partial charge is 0.0430 e. The van der Waals surface area contributed by atoms with Gasteiger partial charge in [-0.1, -0.05) is 13.3 Å². The molecule has 0 saturated heterocycles. The van der Waals surface area contributed by atoms with Gasteiger partial charge in [0.2, 0.25) is 0 Å². The minimum absolute atomic E-state index is 0. The Labute approximate surface area is 57.9 Å². The maximum atomic E-state index is 8.07. The highest BCUT2D eigenvalue weighted by molar-refractivity contribution is 4.23. The second kappa shape index (κ2) is 48.6. The number of aliphatic hydroxyl groups is 1. The fourth-order valence-electron chi connectivity index (χ4n) is 0.158. The van der Waals surface area contributed by atoms with Crippen LogP contribution >= 0.6 is 0 Å². The fourth-order valence-corrected chi connectivity index (χ4v) is 0.158. The first-order valence-electron chi connectivity index (χ1n) is 2.52. The van der Waals surface area contributed by atoms with Gasteiger partial charge < -0.3 is 17.4 Å². The molecule has 3 heteroatoms. The van der Waals surface area contributed by atoms with E-state index >= 15 is 0 Å². The summed E-state index contributed by atoms with van der Waals surface area (Å²) in [6.45, 7) is 8.40. The van der Waals surface area contributed by atoms with Crippen molar-refractivity contribution < 1.29 is 5.11 Å². The molecule has 0 aromatic rings. The Morgan fingerprint density at radius 2 is 1.56 bits per heavy atom. The number of unbranched alkanes of at least 4 members (excludes halogenated alkanes) is 1. The van der Waals surface area contributed by atoms with Gasteiger partial charge in [-0.05, 0) is 6.42 Å². The molecule has 0 fully saturated rings. The molecule has 0 spiro atoms. The summed E-state index contributed by atoms with van der Waals surface area (Å²) in [6, 6.07) is 0. The van der Waals surface area contributed by atoms with E-state index in [4.69, 9.17) is 5.11 Å². The lowest BCUT2D eigenvalue weighted by Crippen LogP contribution is -1.75. The van der Waals surface area contributed by atoms with Crippen molar-refractivity contribution in [1.29, 1.82) is 0 Å². The van der Waals surface area contributed by atoms with E-state index in [1.807, 2.05) is 0 Å². The lowest BCUT2D eigenvalue weighted by molar-refractivity contribution is 0.287. The summed E-state index contributed by atoms with van der Waals surface area (Å²) in [7, 11) is 0. The zero-order valence-corrected chi connectivity index (χ0v) is 6.40. The third-order valence-corrected chi connectivity index (χ3v) is 0.512. The van der Waals surface area contributed by atoms with Crippen LogP contribution in [0.3, 0.4) is 0 Å². The van der Waals surface area contributed by atoms with Gasteiger partial charge in [0.25, 0.3) is 0 Å². The summed E-state index contributed by atoms with van der Waals surface area (Å²) in [5, 5.41) is 8.07. The van der Waals surface area contributed by atoms with Crippen molar-refractivity contribution in [3.63, 3.8) is 0 Å². The van der Waals surface area contributed by atoms with Crippen LogP contribution in [-0.2, 0) is 0 Å². The zero-order chi connectivity index (χ0) is 6.12. The molecule has 0 aliphatic rings. The molecule has 0 amide bonds. The summed E-state index contributed by atoms with van der Waals surface area (Å²) in [5.74, 6) is 0. The standard InChI is InChI=1S/C4H10O.C2H4.2H3N/c1-2-3-4-5;1-2;;/h5H,2-4H2,1H3;1-2H2;2*1H3. The third-order valence-electron chi connectivity index (χ3n) is 0.512. The Balaban J connectivity index is -0.0000000286. The molecule has 7 N–H and O–H groups in total. The van der Waals surface area contributed by atoms with Crippen molar-refractivity contribution in [2.45, 2.75) is 19.8 Å². The van der Waals surface area contributed by atoms with Crippen LogP contribution in [0.1, 0.15) is 19.8 Å². The Morgan fingerprint density at radius 1 is 1.22 bits per heavy atom. The Kier molecular flexibility index (Phi) is 127. The maximum Gasteiger partial charge on any atom is 0.0430 e. The van der Waals surface area contributed by atoms with Crippen LogP contribution in [0.5, 0.6) is 0 Å². The molecule has 0 rings (SSSR count). The first-order chi connectivity index (χ1) is 3.41. The normalized spacial score (nSPS) is 5.11. The summed E-state index contributed by atoms with van der Waals surface area (Å²) in [5.41, 5.74) is 0. The molecule has 0 aliphatic carbocycles. The molecular weight excluding hydrogens is 116 g/mol. The molecule has 0 bridgehead atoms. The second-order valence-corrected chi connectivity index (χ2v) is 1.08. The van der Waals surface area contributed by atoms with Crippen molar-refractivity contribution in [1.82, 2.24) is 12.3 Å². The average Bonchev–Trinajstić information content (AvgIpc) is 1.75. The minimum Gasteiger partial charge on any atom is -0.396 e. The van der Waals surface area contributed by atoms with E-state index in [9.17, 15) is 0 Å². The molecule has 0 aromatic heterocycles. The summed E-state index contributed by atoms with van der Waals surface area (Å²) < 4.78 is 0. The Morgan fingerprint density at radius 3 is 1.56 bits per heavy atom. The van der Waals surface area contributed by atoms with E-state index in [1.165, 1.54) is 0 Å². The quantitative estimate of drug-likeness (QED) is 0.506. The molecule has 60 valence electrons. The molecule has 3 nitrogen and oxygen atoms in total. The Hall–Kier alpha value is -0.380. The van der Waals surface area contributed by atoms with Gasteiger partial charge >= 0.3 is 0 Å². The lowest BCUT2D eigenvalue weighted by Gasteiger charge is -1.79. The van der Waals surface area contributed by atoms with E-state index in [0.717, 1.165) is 12.8 Å². The van der Waals surface area contributed by atoms with E-state index in [1.54, 1.807) is 0 Å². The summed E-state index contributed by atoms with van der Waals surface area (Å²) in [4.78, 5) is 0. The predicted molar refractivity (Wildman–Crippen MR) is 43.3 cm³/mol. The van der Waals surface area contributed by atoms with Crippen LogP contribution in [-0.4, -0.2) is 11.7 Å². The molecule has 0 atom stereocenters. The number of rotatable bonds is 2. The first kappa shape index (κ1) is 23.4. The summed E-state index contributed by atoms with van der Waals surface area (Å²) in [6.07, 6.45) is 2.04. The highest BCUT2D eigenvalue weighted by Gasteiger charge is 1.69. The van der Waals surface area contributed by atoms with Crippen LogP contribution in [0.25, 0.3) is 0 Å². The number of hydrogen-bond acceptors (Lipinski definition) is 3. The lowest BCUT2D eigenvalue weighted by atomic mass is 10.4. The van der Waals surface area contributed by atoms with Gasteiger partial charge in [0.1, 0.15) is 0 Å². The van der Waals surface area contributed by atoms with E-state index < -0.39 is 0 Å². The highest BCUT2D eigenvalue weighted by atomic mass is 16.2. The van der Waals surface area contributed by atoms with Crippen molar-refractivity contribution in [2.75, 3.05) is 6.61 Å². The molecule has 0 aromatic carbocycles. The fraction of sp³-hybridized carbons (Fsp3) is 0.667. The second-order valence-electron chi connectivity index (χ2n) is 1.08. The van der Waals surface area contributed by atoms with E-state index in [2.05, 4.69) is 20.1 Å². The van der Waals surface area contributed by atoms with Gasteiger partial charge in [0.15, 0.2) is 0 Å². The monoisotopic (exact) mass is 136 g/mol. The molecule has 0 unspecified atom stereocenters. The van der Waals surface area contributed by atoms with Gasteiger partial charge in [-0.3, -0.25) is 0 Å². The van der Waals surface area contributed by atoms with Crippen molar-refractivity contribution in [2.24, 2.45) is 0 Å². The number of hydrogen-bond donors (Lipinski definition) is 3. The van der Waals surface area contributed by atoms with Crippen molar-refractivity contribution in [3.8, 4) is 0 Å². The maximum absolute atomic E-state index is 8.07. The minimum atomic E-state index is 0. The SMILES string of the molecule is C=C.CCCCO.N.N. The van der Waals surface area contributed by atoms with Crippen LogP contribution < -0.4 is 12.3 Å². The molecule has 9 heavy (non-hydrogen) atoms. The van der Waals surface area contributed by atoms with Gasteiger partial charge in [0, 0.05) is 6.61 Å². The van der Waals surface area contributed by atoms with E-state index in [-0.39, 0.29) is 12.3 Å². The van der Waals surface area contributed by atoms with E-state index in [0.29, 0.717) is 6.61 Å². The van der Waals surface area contributed by atoms with Gasteiger partial charge in [-0.15, -0.1) is 13.2 Å². The highest BCUT2D eigenvalue weighted by Crippen LogP contribution is 1.78. The van der Waals surface area contributed by atoms with Gasteiger partial charge in [-0.2, -0.15) is 0 Å². The van der Waals surface area contributed by atoms with Crippen molar-refractivity contribution in [3.05, 3.63) is 13.2 Å². The van der Waals surface area contributed by atoms with Gasteiger partial charge in [-0.25, -0.2) is 0 Å². The zero-order valence-electron chi connectivity index (χ0n) is 6.40. The van der Waals surface area contributed by atoms with Crippen LogP contribution in [0.4, 0.5) is 0 Å². The largest absolute Gasteiger partial charge is 0.396 e. The number of aliphatic hydroxyl groups excluding tert-OH is 1. The molecule has 0 radical (unpaired) electrons.